The van der Waals surface area contributed by atoms with Gasteiger partial charge in [0.05, 0.1) is 16.7 Å². The molecule has 1 aliphatic carbocycles. The third kappa shape index (κ3) is 3.97. The van der Waals surface area contributed by atoms with Crippen LogP contribution in [0.5, 0.6) is 0 Å². The maximum atomic E-state index is 12.4. The molecule has 0 aromatic heterocycles. The molecule has 1 saturated carbocycles. The van der Waals surface area contributed by atoms with E-state index in [1.54, 1.807) is 0 Å². The standard InChI is InChI=1S/C15H19ClN2O2S/c1-15(2)7-5-12(6-8-15)18-21(19,20)14-9-11(10-17)3-4-13(14)16/h3-4,9,12,18H,5-8H2,1-2H3. The highest BCUT2D eigenvalue weighted by atomic mass is 35.5. The van der Waals surface area contributed by atoms with Crippen molar-refractivity contribution in [2.45, 2.75) is 50.5 Å². The summed E-state index contributed by atoms with van der Waals surface area (Å²) in [6.45, 7) is 4.40. The molecule has 0 saturated heterocycles. The Bertz CT molecular complexity index is 667. The lowest BCUT2D eigenvalue weighted by Gasteiger charge is -2.34. The normalized spacial score (nSPS) is 19.1. The topological polar surface area (TPSA) is 70.0 Å². The van der Waals surface area contributed by atoms with E-state index in [9.17, 15) is 8.42 Å². The van der Waals surface area contributed by atoms with E-state index in [4.69, 9.17) is 16.9 Å². The summed E-state index contributed by atoms with van der Waals surface area (Å²) < 4.78 is 27.6. The molecular formula is C15H19ClN2O2S. The molecule has 1 N–H and O–H groups in total. The molecule has 4 nitrogen and oxygen atoms in total. The largest absolute Gasteiger partial charge is 0.242 e. The van der Waals surface area contributed by atoms with Gasteiger partial charge in [-0.05, 0) is 49.3 Å². The Morgan fingerprint density at radius 1 is 1.33 bits per heavy atom. The predicted molar refractivity (Wildman–Crippen MR) is 82.5 cm³/mol. The quantitative estimate of drug-likeness (QED) is 0.924. The van der Waals surface area contributed by atoms with Gasteiger partial charge in [0, 0.05) is 6.04 Å². The maximum absolute atomic E-state index is 12.4. The van der Waals surface area contributed by atoms with Crippen molar-refractivity contribution < 1.29 is 8.42 Å². The highest BCUT2D eigenvalue weighted by Crippen LogP contribution is 2.35. The van der Waals surface area contributed by atoms with E-state index in [0.29, 0.717) is 0 Å². The zero-order chi connectivity index (χ0) is 15.7. The molecule has 0 unspecified atom stereocenters. The highest BCUT2D eigenvalue weighted by molar-refractivity contribution is 7.89. The fourth-order valence-corrected chi connectivity index (χ4v) is 4.41. The molecule has 0 bridgehead atoms. The fourth-order valence-electron chi connectivity index (χ4n) is 2.58. The van der Waals surface area contributed by atoms with Crippen molar-refractivity contribution in [2.24, 2.45) is 5.41 Å². The van der Waals surface area contributed by atoms with Crippen LogP contribution in [0.1, 0.15) is 45.1 Å². The Balaban J connectivity index is 2.18. The van der Waals surface area contributed by atoms with Gasteiger partial charge < -0.3 is 0 Å². The number of halogens is 1. The van der Waals surface area contributed by atoms with Crippen molar-refractivity contribution in [1.82, 2.24) is 4.72 Å². The first-order valence-electron chi connectivity index (χ1n) is 6.95. The molecule has 0 atom stereocenters. The van der Waals surface area contributed by atoms with E-state index in [0.717, 1.165) is 25.7 Å². The van der Waals surface area contributed by atoms with Crippen molar-refractivity contribution in [1.29, 1.82) is 5.26 Å². The van der Waals surface area contributed by atoms with Crippen LogP contribution >= 0.6 is 11.6 Å². The zero-order valence-electron chi connectivity index (χ0n) is 12.2. The van der Waals surface area contributed by atoms with E-state index in [1.807, 2.05) is 6.07 Å². The molecule has 0 aliphatic heterocycles. The third-order valence-corrected chi connectivity index (χ3v) is 6.01. The zero-order valence-corrected chi connectivity index (χ0v) is 13.8. The number of nitrogens with one attached hydrogen (secondary N) is 1. The second-order valence-corrected chi connectivity index (χ2v) is 8.41. The van der Waals surface area contributed by atoms with Crippen LogP contribution in [0.3, 0.4) is 0 Å². The molecule has 1 aromatic carbocycles. The van der Waals surface area contributed by atoms with Gasteiger partial charge in [0.2, 0.25) is 10.0 Å². The maximum Gasteiger partial charge on any atom is 0.242 e. The van der Waals surface area contributed by atoms with Gasteiger partial charge in [-0.2, -0.15) is 5.26 Å². The molecule has 21 heavy (non-hydrogen) atoms. The lowest BCUT2D eigenvalue weighted by Crippen LogP contribution is -2.39. The summed E-state index contributed by atoms with van der Waals surface area (Å²) in [4.78, 5) is -0.0203. The summed E-state index contributed by atoms with van der Waals surface area (Å²) in [5, 5.41) is 9.03. The molecule has 1 fully saturated rings. The smallest absolute Gasteiger partial charge is 0.208 e. The van der Waals surface area contributed by atoms with Crippen LogP contribution < -0.4 is 4.72 Å². The Labute approximate surface area is 131 Å². The number of rotatable bonds is 3. The molecule has 0 radical (unpaired) electrons. The van der Waals surface area contributed by atoms with Crippen LogP contribution in [-0.4, -0.2) is 14.5 Å². The minimum absolute atomic E-state index is 0.0203. The first-order chi connectivity index (χ1) is 9.73. The number of nitriles is 1. The van der Waals surface area contributed by atoms with Gasteiger partial charge >= 0.3 is 0 Å². The minimum atomic E-state index is -3.69. The fraction of sp³-hybridized carbons (Fsp3) is 0.533. The predicted octanol–water partition coefficient (Wildman–Crippen LogP) is 3.46. The van der Waals surface area contributed by atoms with Gasteiger partial charge in [0.1, 0.15) is 4.90 Å². The summed E-state index contributed by atoms with van der Waals surface area (Å²) in [7, 11) is -3.69. The van der Waals surface area contributed by atoms with Crippen molar-refractivity contribution in [3.63, 3.8) is 0 Å². The van der Waals surface area contributed by atoms with Crippen LogP contribution in [-0.2, 0) is 10.0 Å². The first kappa shape index (κ1) is 16.3. The summed E-state index contributed by atoms with van der Waals surface area (Å²) in [6.07, 6.45) is 3.63. The van der Waals surface area contributed by atoms with E-state index in [1.165, 1.54) is 18.2 Å². The average molecular weight is 327 g/mol. The van der Waals surface area contributed by atoms with Crippen LogP contribution in [0.15, 0.2) is 23.1 Å². The van der Waals surface area contributed by atoms with Crippen molar-refractivity contribution in [2.75, 3.05) is 0 Å². The van der Waals surface area contributed by atoms with Crippen LogP contribution in [0.25, 0.3) is 0 Å². The third-order valence-electron chi connectivity index (χ3n) is 4.01. The van der Waals surface area contributed by atoms with Gasteiger partial charge in [-0.3, -0.25) is 0 Å². The van der Waals surface area contributed by atoms with E-state index in [2.05, 4.69) is 18.6 Å². The summed E-state index contributed by atoms with van der Waals surface area (Å²) in [5.41, 5.74) is 0.560. The SMILES string of the molecule is CC1(C)CCC(NS(=O)(=O)c2cc(C#N)ccc2Cl)CC1. The minimum Gasteiger partial charge on any atom is -0.208 e. The van der Waals surface area contributed by atoms with E-state index < -0.39 is 10.0 Å². The van der Waals surface area contributed by atoms with Crippen LogP contribution in [0, 0.1) is 16.7 Å². The molecule has 0 heterocycles. The number of hydrogen-bond donors (Lipinski definition) is 1. The van der Waals surface area contributed by atoms with Crippen LogP contribution in [0.2, 0.25) is 5.02 Å². The Kier molecular flexibility index (Phi) is 4.62. The summed E-state index contributed by atoms with van der Waals surface area (Å²) >= 11 is 5.97. The van der Waals surface area contributed by atoms with E-state index in [-0.39, 0.29) is 26.9 Å². The molecule has 1 aromatic rings. The van der Waals surface area contributed by atoms with Crippen molar-refractivity contribution >= 4 is 21.6 Å². The van der Waals surface area contributed by atoms with Gasteiger partial charge in [-0.25, -0.2) is 13.1 Å². The molecule has 2 rings (SSSR count). The number of hydrogen-bond acceptors (Lipinski definition) is 3. The van der Waals surface area contributed by atoms with Crippen molar-refractivity contribution in [3.05, 3.63) is 28.8 Å². The van der Waals surface area contributed by atoms with Crippen molar-refractivity contribution in [3.8, 4) is 6.07 Å². The second kappa shape index (κ2) is 5.96. The number of benzene rings is 1. The van der Waals surface area contributed by atoms with Gasteiger partial charge in [-0.15, -0.1) is 0 Å². The number of sulfonamides is 1. The monoisotopic (exact) mass is 326 g/mol. The molecule has 6 heteroatoms. The second-order valence-electron chi connectivity index (χ2n) is 6.32. The molecule has 0 amide bonds. The summed E-state index contributed by atoms with van der Waals surface area (Å²) in [5.74, 6) is 0. The van der Waals surface area contributed by atoms with Gasteiger partial charge in [0.25, 0.3) is 0 Å². The first-order valence-corrected chi connectivity index (χ1v) is 8.82. The highest BCUT2D eigenvalue weighted by Gasteiger charge is 2.30. The van der Waals surface area contributed by atoms with E-state index >= 15 is 0 Å². The molecule has 1 aliphatic rings. The Hall–Kier alpha value is -1.09. The lowest BCUT2D eigenvalue weighted by atomic mass is 9.76. The summed E-state index contributed by atoms with van der Waals surface area (Å²) in [6, 6.07) is 6.13. The Morgan fingerprint density at radius 3 is 2.52 bits per heavy atom. The molecule has 114 valence electrons. The number of nitrogens with zero attached hydrogens (tertiary/aromatic N) is 1. The Morgan fingerprint density at radius 2 is 1.95 bits per heavy atom. The van der Waals surface area contributed by atoms with Gasteiger partial charge in [0.15, 0.2) is 0 Å². The van der Waals surface area contributed by atoms with Gasteiger partial charge in [-0.1, -0.05) is 25.4 Å². The molecular weight excluding hydrogens is 308 g/mol. The lowest BCUT2D eigenvalue weighted by molar-refractivity contribution is 0.218. The average Bonchev–Trinajstić information content (AvgIpc) is 2.41. The van der Waals surface area contributed by atoms with Crippen LogP contribution in [0.4, 0.5) is 0 Å². The molecule has 0 spiro atoms.